The average Bonchev–Trinajstić information content (AvgIpc) is 3.01. The molecule has 0 amide bonds. The number of hydrogen-bond acceptors (Lipinski definition) is 4. The molecule has 0 spiro atoms. The van der Waals surface area contributed by atoms with E-state index in [-0.39, 0.29) is 0 Å². The number of nitrogens with one attached hydrogen (secondary N) is 2. The Balaban J connectivity index is 1.42. The fourth-order valence-corrected chi connectivity index (χ4v) is 5.51. The number of likely N-dealkylation sites (tertiary alicyclic amines) is 1. The fourth-order valence-electron chi connectivity index (χ4n) is 4.58. The Morgan fingerprint density at radius 3 is 2.54 bits per heavy atom. The molecular formula is C22H39N5S. The zero-order valence-electron chi connectivity index (χ0n) is 18.1. The van der Waals surface area contributed by atoms with Gasteiger partial charge in [-0.15, -0.1) is 11.3 Å². The molecule has 0 bridgehead atoms. The SMILES string of the molecule is CCNC(=NCCc1sc(C)nc1C)NC1CCN(CC2CCCCC2)CC1. The minimum atomic E-state index is 0.549. The maximum atomic E-state index is 4.83. The van der Waals surface area contributed by atoms with Gasteiger partial charge in [-0.2, -0.15) is 0 Å². The molecule has 1 aliphatic carbocycles. The molecule has 2 heterocycles. The highest BCUT2D eigenvalue weighted by Gasteiger charge is 2.23. The van der Waals surface area contributed by atoms with Gasteiger partial charge in [0.1, 0.15) is 0 Å². The van der Waals surface area contributed by atoms with Crippen LogP contribution in [0.5, 0.6) is 0 Å². The zero-order chi connectivity index (χ0) is 19.8. The third kappa shape index (κ3) is 6.73. The van der Waals surface area contributed by atoms with Crippen molar-refractivity contribution in [2.75, 3.05) is 32.7 Å². The lowest BCUT2D eigenvalue weighted by Gasteiger charge is -2.36. The van der Waals surface area contributed by atoms with E-state index in [0.717, 1.165) is 36.4 Å². The first-order valence-corrected chi connectivity index (χ1v) is 12.2. The van der Waals surface area contributed by atoms with Crippen molar-refractivity contribution in [3.8, 4) is 0 Å². The van der Waals surface area contributed by atoms with E-state index in [9.17, 15) is 0 Å². The van der Waals surface area contributed by atoms with E-state index < -0.39 is 0 Å². The fraction of sp³-hybridized carbons (Fsp3) is 0.818. The van der Waals surface area contributed by atoms with E-state index in [1.165, 1.54) is 75.2 Å². The van der Waals surface area contributed by atoms with Crippen LogP contribution in [-0.2, 0) is 6.42 Å². The van der Waals surface area contributed by atoms with Crippen LogP contribution < -0.4 is 10.6 Å². The van der Waals surface area contributed by atoms with Crippen molar-refractivity contribution in [3.05, 3.63) is 15.6 Å². The van der Waals surface area contributed by atoms with E-state index in [4.69, 9.17) is 4.99 Å². The zero-order valence-corrected chi connectivity index (χ0v) is 18.9. The van der Waals surface area contributed by atoms with Crippen molar-refractivity contribution >= 4 is 17.3 Å². The number of aliphatic imine (C=N–C) groups is 1. The third-order valence-electron chi connectivity index (χ3n) is 6.12. The molecule has 1 aromatic rings. The second kappa shape index (κ2) is 11.1. The minimum absolute atomic E-state index is 0.549. The molecule has 1 aliphatic heterocycles. The molecule has 2 N–H and O–H groups in total. The van der Waals surface area contributed by atoms with Crippen LogP contribution in [0.1, 0.15) is 67.4 Å². The summed E-state index contributed by atoms with van der Waals surface area (Å²) in [7, 11) is 0. The topological polar surface area (TPSA) is 52.6 Å². The van der Waals surface area contributed by atoms with E-state index in [1.807, 2.05) is 0 Å². The van der Waals surface area contributed by atoms with Crippen LogP contribution in [0, 0.1) is 19.8 Å². The highest BCUT2D eigenvalue weighted by Crippen LogP contribution is 2.25. The van der Waals surface area contributed by atoms with Gasteiger partial charge in [-0.05, 0) is 52.4 Å². The van der Waals surface area contributed by atoms with Gasteiger partial charge in [0.05, 0.1) is 10.7 Å². The number of nitrogens with zero attached hydrogens (tertiary/aromatic N) is 3. The molecule has 2 aliphatic rings. The molecule has 0 aromatic carbocycles. The van der Waals surface area contributed by atoms with Crippen LogP contribution >= 0.6 is 11.3 Å². The van der Waals surface area contributed by atoms with Gasteiger partial charge in [0.2, 0.25) is 0 Å². The summed E-state index contributed by atoms with van der Waals surface area (Å²) in [5, 5.41) is 8.27. The number of guanidine groups is 1. The summed E-state index contributed by atoms with van der Waals surface area (Å²) < 4.78 is 0. The highest BCUT2D eigenvalue weighted by molar-refractivity contribution is 7.11. The predicted molar refractivity (Wildman–Crippen MR) is 120 cm³/mol. The minimum Gasteiger partial charge on any atom is -0.357 e. The van der Waals surface area contributed by atoms with Crippen LogP contribution in [0.4, 0.5) is 0 Å². The van der Waals surface area contributed by atoms with Gasteiger partial charge in [-0.1, -0.05) is 19.3 Å². The number of thiazole rings is 1. The summed E-state index contributed by atoms with van der Waals surface area (Å²) in [6, 6.07) is 0.549. The number of rotatable bonds is 7. The number of aryl methyl sites for hydroxylation is 2. The summed E-state index contributed by atoms with van der Waals surface area (Å²) in [5.41, 5.74) is 1.17. The smallest absolute Gasteiger partial charge is 0.191 e. The van der Waals surface area contributed by atoms with Gasteiger partial charge >= 0.3 is 0 Å². The molecule has 0 atom stereocenters. The Labute approximate surface area is 175 Å². The van der Waals surface area contributed by atoms with Crippen molar-refractivity contribution in [1.29, 1.82) is 0 Å². The van der Waals surface area contributed by atoms with E-state index >= 15 is 0 Å². The first kappa shape index (κ1) is 21.6. The summed E-state index contributed by atoms with van der Waals surface area (Å²) in [6.45, 7) is 11.8. The Bertz CT molecular complexity index is 612. The monoisotopic (exact) mass is 405 g/mol. The van der Waals surface area contributed by atoms with Crippen LogP contribution in [0.3, 0.4) is 0 Å². The average molecular weight is 406 g/mol. The summed E-state index contributed by atoms with van der Waals surface area (Å²) in [5.74, 6) is 1.93. The van der Waals surface area contributed by atoms with Crippen molar-refractivity contribution in [2.45, 2.75) is 78.2 Å². The van der Waals surface area contributed by atoms with Gasteiger partial charge in [0.15, 0.2) is 5.96 Å². The molecule has 3 rings (SSSR count). The van der Waals surface area contributed by atoms with Gasteiger partial charge in [0, 0.05) is 50.1 Å². The van der Waals surface area contributed by atoms with Crippen molar-refractivity contribution in [3.63, 3.8) is 0 Å². The standard InChI is InChI=1S/C22H39N5S/c1-4-23-22(24-13-10-21-17(2)25-18(3)28-21)26-20-11-14-27(15-12-20)16-19-8-6-5-7-9-19/h19-20H,4-16H2,1-3H3,(H2,23,24,26). The molecule has 0 unspecified atom stereocenters. The highest BCUT2D eigenvalue weighted by atomic mass is 32.1. The third-order valence-corrected chi connectivity index (χ3v) is 7.25. The molecule has 6 heteroatoms. The molecule has 1 saturated heterocycles. The first-order valence-electron chi connectivity index (χ1n) is 11.3. The molecule has 2 fully saturated rings. The van der Waals surface area contributed by atoms with Gasteiger partial charge in [0.25, 0.3) is 0 Å². The first-order chi connectivity index (χ1) is 13.6. The van der Waals surface area contributed by atoms with E-state index in [0.29, 0.717) is 6.04 Å². The molecule has 1 saturated carbocycles. The van der Waals surface area contributed by atoms with E-state index in [1.54, 1.807) is 11.3 Å². The quantitative estimate of drug-likeness (QED) is 0.534. The molecular weight excluding hydrogens is 366 g/mol. The van der Waals surface area contributed by atoms with E-state index in [2.05, 4.69) is 41.3 Å². The second-order valence-electron chi connectivity index (χ2n) is 8.48. The largest absolute Gasteiger partial charge is 0.357 e. The van der Waals surface area contributed by atoms with Gasteiger partial charge in [-0.25, -0.2) is 4.98 Å². The maximum Gasteiger partial charge on any atom is 0.191 e. The number of aromatic nitrogens is 1. The normalized spacial score (nSPS) is 20.5. The van der Waals surface area contributed by atoms with Crippen LogP contribution in [0.15, 0.2) is 4.99 Å². The van der Waals surface area contributed by atoms with Gasteiger partial charge < -0.3 is 15.5 Å². The molecule has 1 aromatic heterocycles. The lowest BCUT2D eigenvalue weighted by molar-refractivity contribution is 0.160. The predicted octanol–water partition coefficient (Wildman–Crippen LogP) is 3.90. The van der Waals surface area contributed by atoms with Crippen molar-refractivity contribution in [1.82, 2.24) is 20.5 Å². The molecule has 158 valence electrons. The van der Waals surface area contributed by atoms with Gasteiger partial charge in [-0.3, -0.25) is 4.99 Å². The number of hydrogen-bond donors (Lipinski definition) is 2. The number of piperidine rings is 1. The lowest BCUT2D eigenvalue weighted by Crippen LogP contribution is -2.49. The summed E-state index contributed by atoms with van der Waals surface area (Å²) in [4.78, 5) is 13.4. The summed E-state index contributed by atoms with van der Waals surface area (Å²) >= 11 is 1.80. The van der Waals surface area contributed by atoms with Crippen molar-refractivity contribution < 1.29 is 0 Å². The van der Waals surface area contributed by atoms with Crippen LogP contribution in [0.2, 0.25) is 0 Å². The maximum absolute atomic E-state index is 4.83. The second-order valence-corrected chi connectivity index (χ2v) is 9.76. The van der Waals surface area contributed by atoms with Crippen LogP contribution in [0.25, 0.3) is 0 Å². The summed E-state index contributed by atoms with van der Waals surface area (Å²) in [6.07, 6.45) is 10.7. The van der Waals surface area contributed by atoms with Crippen molar-refractivity contribution in [2.24, 2.45) is 10.9 Å². The Kier molecular flexibility index (Phi) is 8.59. The molecule has 0 radical (unpaired) electrons. The molecule has 5 nitrogen and oxygen atoms in total. The Morgan fingerprint density at radius 2 is 1.89 bits per heavy atom. The molecule has 28 heavy (non-hydrogen) atoms. The Hall–Kier alpha value is -1.14. The lowest BCUT2D eigenvalue weighted by atomic mass is 9.88. The Morgan fingerprint density at radius 1 is 1.14 bits per heavy atom. The van der Waals surface area contributed by atoms with Crippen LogP contribution in [-0.4, -0.2) is 54.6 Å².